The van der Waals surface area contributed by atoms with E-state index in [1.54, 1.807) is 0 Å². The van der Waals surface area contributed by atoms with Gasteiger partial charge in [0.2, 0.25) is 0 Å². The molecule has 0 N–H and O–H groups in total. The summed E-state index contributed by atoms with van der Waals surface area (Å²) in [6.07, 6.45) is 10.00. The minimum absolute atomic E-state index is 0.00661. The Morgan fingerprint density at radius 2 is 2.19 bits per heavy atom. The van der Waals surface area contributed by atoms with Gasteiger partial charge < -0.3 is 4.57 Å². The molecule has 1 aliphatic rings. The van der Waals surface area contributed by atoms with Gasteiger partial charge in [0.05, 0.1) is 5.41 Å². The van der Waals surface area contributed by atoms with Crippen LogP contribution < -0.4 is 0 Å². The average molecular weight is 230 g/mol. The first kappa shape index (κ1) is 9.81. The molecule has 1 saturated carbocycles. The third kappa shape index (κ3) is 1.20. The van der Waals surface area contributed by atoms with Crippen molar-refractivity contribution >= 4 is 22.5 Å². The lowest BCUT2D eigenvalue weighted by atomic mass is 9.97. The Kier molecular flexibility index (Phi) is 1.87. The summed E-state index contributed by atoms with van der Waals surface area (Å²) in [7, 11) is 2.04. The number of aryl methyl sites for hydroxylation is 1. The molecule has 2 heteroatoms. The predicted molar refractivity (Wildman–Crippen MR) is 67.7 cm³/mol. The molecule has 1 nitrogen and oxygen atoms in total. The Morgan fingerprint density at radius 1 is 1.44 bits per heavy atom. The molecule has 80 valence electrons. The fourth-order valence-electron chi connectivity index (χ4n) is 2.35. The van der Waals surface area contributed by atoms with Gasteiger partial charge in [0.1, 0.15) is 0 Å². The van der Waals surface area contributed by atoms with Crippen LogP contribution in [0, 0.1) is 12.3 Å². The van der Waals surface area contributed by atoms with E-state index in [4.69, 9.17) is 18.0 Å². The molecule has 0 atom stereocenters. The minimum Gasteiger partial charge on any atom is -0.350 e. The second-order valence-electron chi connectivity index (χ2n) is 4.54. The van der Waals surface area contributed by atoms with E-state index in [-0.39, 0.29) is 5.41 Å². The molecule has 0 amide bonds. The van der Waals surface area contributed by atoms with Crippen LogP contribution in [0.2, 0.25) is 5.02 Å². The summed E-state index contributed by atoms with van der Waals surface area (Å²) < 4.78 is 2.11. The van der Waals surface area contributed by atoms with Crippen molar-refractivity contribution in [2.24, 2.45) is 7.05 Å². The number of rotatable bonds is 1. The molecule has 1 fully saturated rings. The Bertz CT molecular complexity index is 611. The molecule has 0 unspecified atom stereocenters. The summed E-state index contributed by atoms with van der Waals surface area (Å²) >= 11 is 6.01. The Balaban J connectivity index is 2.32. The number of nitrogens with zero attached hydrogens (tertiary/aromatic N) is 1. The molecule has 1 aromatic heterocycles. The van der Waals surface area contributed by atoms with Crippen molar-refractivity contribution in [2.75, 3.05) is 0 Å². The predicted octanol–water partition coefficient (Wildman–Crippen LogP) is 3.50. The molecule has 0 spiro atoms. The zero-order chi connectivity index (χ0) is 11.3. The number of fused-ring (bicyclic) bond motifs is 1. The van der Waals surface area contributed by atoms with Gasteiger partial charge in [-0.2, -0.15) is 0 Å². The van der Waals surface area contributed by atoms with Crippen molar-refractivity contribution in [1.82, 2.24) is 4.57 Å². The zero-order valence-electron chi connectivity index (χ0n) is 9.13. The highest BCUT2D eigenvalue weighted by Gasteiger charge is 2.44. The van der Waals surface area contributed by atoms with E-state index < -0.39 is 0 Å². The fourth-order valence-corrected chi connectivity index (χ4v) is 2.52. The van der Waals surface area contributed by atoms with E-state index in [2.05, 4.69) is 22.8 Å². The van der Waals surface area contributed by atoms with E-state index in [0.717, 1.165) is 23.4 Å². The van der Waals surface area contributed by atoms with Crippen molar-refractivity contribution in [3.8, 4) is 12.3 Å². The molecule has 1 aliphatic carbocycles. The molecule has 0 saturated heterocycles. The lowest BCUT2D eigenvalue weighted by Crippen LogP contribution is -2.00. The van der Waals surface area contributed by atoms with Gasteiger partial charge in [-0.25, -0.2) is 0 Å². The second-order valence-corrected chi connectivity index (χ2v) is 4.98. The number of aromatic nitrogens is 1. The number of halogens is 1. The minimum atomic E-state index is -0.00661. The van der Waals surface area contributed by atoms with E-state index in [1.165, 1.54) is 10.9 Å². The lowest BCUT2D eigenvalue weighted by molar-refractivity contribution is 0.901. The number of terminal acetylenes is 1. The molecule has 0 bridgehead atoms. The molecular weight excluding hydrogens is 218 g/mol. The number of hydrogen-bond donors (Lipinski definition) is 0. The molecular formula is C14H12ClN. The van der Waals surface area contributed by atoms with Crippen molar-refractivity contribution in [1.29, 1.82) is 0 Å². The molecule has 3 rings (SSSR count). The normalized spacial score (nSPS) is 17.3. The first-order valence-corrected chi connectivity index (χ1v) is 5.77. The van der Waals surface area contributed by atoms with Crippen LogP contribution in [0.4, 0.5) is 0 Å². The summed E-state index contributed by atoms with van der Waals surface area (Å²) in [6.45, 7) is 0. The molecule has 0 radical (unpaired) electrons. The molecule has 0 aliphatic heterocycles. The Morgan fingerprint density at radius 3 is 2.81 bits per heavy atom. The van der Waals surface area contributed by atoms with E-state index in [0.29, 0.717) is 0 Å². The van der Waals surface area contributed by atoms with Crippen molar-refractivity contribution < 1.29 is 0 Å². The SMILES string of the molecule is C#CC1(c2cn(C)c3cc(Cl)ccc23)CC1. The Labute approximate surface area is 100 Å². The van der Waals surface area contributed by atoms with Crippen LogP contribution in [0.1, 0.15) is 18.4 Å². The largest absolute Gasteiger partial charge is 0.350 e. The van der Waals surface area contributed by atoms with Gasteiger partial charge >= 0.3 is 0 Å². The third-order valence-electron chi connectivity index (χ3n) is 3.49. The standard InChI is InChI=1S/C14H12ClN/c1-3-14(6-7-14)12-9-16(2)13-8-10(15)4-5-11(12)13/h1,4-5,8-9H,6-7H2,2H3. The maximum Gasteiger partial charge on any atom is 0.0582 e. The van der Waals surface area contributed by atoms with Gasteiger partial charge in [0, 0.05) is 29.2 Å². The number of benzene rings is 1. The maximum absolute atomic E-state index is 6.01. The third-order valence-corrected chi connectivity index (χ3v) is 3.73. The van der Waals surface area contributed by atoms with Gasteiger partial charge in [-0.15, -0.1) is 6.42 Å². The summed E-state index contributed by atoms with van der Waals surface area (Å²) in [4.78, 5) is 0. The highest BCUT2D eigenvalue weighted by atomic mass is 35.5. The number of hydrogen-bond acceptors (Lipinski definition) is 0. The first-order chi connectivity index (χ1) is 7.66. The summed E-state index contributed by atoms with van der Waals surface area (Å²) in [5, 5.41) is 2.01. The van der Waals surface area contributed by atoms with Crippen LogP contribution in [0.15, 0.2) is 24.4 Å². The summed E-state index contributed by atoms with van der Waals surface area (Å²) in [5.41, 5.74) is 2.43. The fraction of sp³-hybridized carbons (Fsp3) is 0.286. The maximum atomic E-state index is 6.01. The van der Waals surface area contributed by atoms with Crippen LogP contribution in [0.5, 0.6) is 0 Å². The first-order valence-electron chi connectivity index (χ1n) is 5.39. The zero-order valence-corrected chi connectivity index (χ0v) is 9.88. The summed E-state index contributed by atoms with van der Waals surface area (Å²) in [5.74, 6) is 2.94. The Hall–Kier alpha value is -1.39. The van der Waals surface area contributed by atoms with Gasteiger partial charge in [-0.1, -0.05) is 23.6 Å². The van der Waals surface area contributed by atoms with Gasteiger partial charge in [0.25, 0.3) is 0 Å². The average Bonchev–Trinajstić information content (AvgIpc) is 3.01. The lowest BCUT2D eigenvalue weighted by Gasteiger charge is -2.05. The van der Waals surface area contributed by atoms with Crippen molar-refractivity contribution in [3.05, 3.63) is 35.0 Å². The van der Waals surface area contributed by atoms with Crippen LogP contribution in [0.25, 0.3) is 10.9 Å². The van der Waals surface area contributed by atoms with Crippen molar-refractivity contribution in [2.45, 2.75) is 18.3 Å². The van der Waals surface area contributed by atoms with E-state index in [9.17, 15) is 0 Å². The van der Waals surface area contributed by atoms with E-state index >= 15 is 0 Å². The molecule has 2 aromatic rings. The monoisotopic (exact) mass is 229 g/mol. The highest BCUT2D eigenvalue weighted by molar-refractivity contribution is 6.31. The molecule has 1 aromatic carbocycles. The smallest absolute Gasteiger partial charge is 0.0582 e. The molecule has 1 heterocycles. The van der Waals surface area contributed by atoms with Crippen molar-refractivity contribution in [3.63, 3.8) is 0 Å². The van der Waals surface area contributed by atoms with Crippen LogP contribution >= 0.6 is 11.6 Å². The van der Waals surface area contributed by atoms with Gasteiger partial charge in [-0.05, 0) is 30.5 Å². The topological polar surface area (TPSA) is 4.93 Å². The molecule has 16 heavy (non-hydrogen) atoms. The van der Waals surface area contributed by atoms with Crippen LogP contribution in [-0.4, -0.2) is 4.57 Å². The van der Waals surface area contributed by atoms with Gasteiger partial charge in [-0.3, -0.25) is 0 Å². The second kappa shape index (κ2) is 3.06. The van der Waals surface area contributed by atoms with Crippen LogP contribution in [-0.2, 0) is 12.5 Å². The highest BCUT2D eigenvalue weighted by Crippen LogP contribution is 2.50. The van der Waals surface area contributed by atoms with Crippen LogP contribution in [0.3, 0.4) is 0 Å². The quantitative estimate of drug-likeness (QED) is 0.660. The van der Waals surface area contributed by atoms with E-state index in [1.807, 2.05) is 19.2 Å². The summed E-state index contributed by atoms with van der Waals surface area (Å²) in [6, 6.07) is 6.00. The van der Waals surface area contributed by atoms with Gasteiger partial charge in [0.15, 0.2) is 0 Å².